The molecule has 0 bridgehead atoms. The summed E-state index contributed by atoms with van der Waals surface area (Å²) in [5.74, 6) is 1.01. The van der Waals surface area contributed by atoms with Gasteiger partial charge in [-0.25, -0.2) is 8.42 Å². The van der Waals surface area contributed by atoms with Crippen LogP contribution in [0.5, 0.6) is 11.5 Å². The minimum atomic E-state index is -3.82. The number of rotatable bonds is 7. The second-order valence-electron chi connectivity index (χ2n) is 6.74. The molecule has 0 aliphatic rings. The van der Waals surface area contributed by atoms with Gasteiger partial charge in [0, 0.05) is 6.07 Å². The molecule has 0 amide bonds. The average molecular weight is 412 g/mol. The first-order chi connectivity index (χ1) is 13.9. The van der Waals surface area contributed by atoms with E-state index >= 15 is 0 Å². The monoisotopic (exact) mass is 411 g/mol. The largest absolute Gasteiger partial charge is 0.493 e. The fourth-order valence-electron chi connectivity index (χ4n) is 3.30. The third-order valence-corrected chi connectivity index (χ3v) is 6.71. The Bertz CT molecular complexity index is 1080. The van der Waals surface area contributed by atoms with Crippen LogP contribution in [-0.4, -0.2) is 22.6 Å². The predicted molar refractivity (Wildman–Crippen MR) is 115 cm³/mol. The fourth-order valence-corrected chi connectivity index (χ4v) is 4.96. The molecule has 0 aliphatic heterocycles. The van der Waals surface area contributed by atoms with Crippen molar-refractivity contribution in [2.24, 2.45) is 0 Å². The van der Waals surface area contributed by atoms with E-state index in [-0.39, 0.29) is 4.90 Å². The van der Waals surface area contributed by atoms with Crippen LogP contribution >= 0.6 is 0 Å². The average Bonchev–Trinajstić information content (AvgIpc) is 2.74. The number of methoxy groups -OCH3 is 2. The summed E-state index contributed by atoms with van der Waals surface area (Å²) in [6, 6.07) is 21.0. The molecule has 0 heterocycles. The molecule has 6 heteroatoms. The van der Waals surface area contributed by atoms with Gasteiger partial charge in [0.15, 0.2) is 11.5 Å². The van der Waals surface area contributed by atoms with E-state index in [4.69, 9.17) is 9.47 Å². The molecule has 3 aromatic carbocycles. The maximum absolute atomic E-state index is 13.6. The highest BCUT2D eigenvalue weighted by atomic mass is 32.2. The van der Waals surface area contributed by atoms with Crippen LogP contribution < -0.4 is 13.8 Å². The van der Waals surface area contributed by atoms with Gasteiger partial charge in [-0.1, -0.05) is 48.0 Å². The second-order valence-corrected chi connectivity index (χ2v) is 8.56. The summed E-state index contributed by atoms with van der Waals surface area (Å²) in [6.45, 7) is 3.87. The summed E-state index contributed by atoms with van der Waals surface area (Å²) < 4.78 is 39.4. The van der Waals surface area contributed by atoms with E-state index < -0.39 is 16.1 Å². The number of benzene rings is 3. The third-order valence-electron chi connectivity index (χ3n) is 4.80. The SMILES string of the molecule is COc1ccc(N(C(C)c2cccc(C)c2)S(=O)(=O)c2ccccc2)cc1OC. The number of aryl methyl sites for hydroxylation is 1. The maximum Gasteiger partial charge on any atom is 0.264 e. The smallest absolute Gasteiger partial charge is 0.264 e. The summed E-state index contributed by atoms with van der Waals surface area (Å²) in [5, 5.41) is 0. The lowest BCUT2D eigenvalue weighted by atomic mass is 10.1. The van der Waals surface area contributed by atoms with E-state index in [0.717, 1.165) is 11.1 Å². The molecular formula is C23H25NO4S. The van der Waals surface area contributed by atoms with Gasteiger partial charge in [0.2, 0.25) is 0 Å². The topological polar surface area (TPSA) is 55.8 Å². The first-order valence-electron chi connectivity index (χ1n) is 9.26. The summed E-state index contributed by atoms with van der Waals surface area (Å²) in [5.41, 5.74) is 2.47. The first-order valence-corrected chi connectivity index (χ1v) is 10.7. The molecule has 3 rings (SSSR count). The Kier molecular flexibility index (Phi) is 6.13. The first kappa shape index (κ1) is 20.7. The molecule has 0 aromatic heterocycles. The van der Waals surface area contributed by atoms with Gasteiger partial charge < -0.3 is 9.47 Å². The molecule has 0 saturated heterocycles. The van der Waals surface area contributed by atoms with Gasteiger partial charge in [-0.3, -0.25) is 4.31 Å². The van der Waals surface area contributed by atoms with Crippen molar-refractivity contribution >= 4 is 15.7 Å². The van der Waals surface area contributed by atoms with Crippen molar-refractivity contribution in [3.8, 4) is 11.5 Å². The van der Waals surface area contributed by atoms with Gasteiger partial charge in [-0.05, 0) is 43.7 Å². The van der Waals surface area contributed by atoms with Crippen molar-refractivity contribution in [1.82, 2.24) is 0 Å². The van der Waals surface area contributed by atoms with Gasteiger partial charge in [-0.2, -0.15) is 0 Å². The lowest BCUT2D eigenvalue weighted by molar-refractivity contribution is 0.355. The number of hydrogen-bond acceptors (Lipinski definition) is 4. The third kappa shape index (κ3) is 4.22. The summed E-state index contributed by atoms with van der Waals surface area (Å²) in [7, 11) is -0.746. The van der Waals surface area contributed by atoms with Crippen molar-refractivity contribution < 1.29 is 17.9 Å². The van der Waals surface area contributed by atoms with Crippen LogP contribution in [-0.2, 0) is 10.0 Å². The van der Waals surface area contributed by atoms with Crippen LogP contribution in [0.15, 0.2) is 77.7 Å². The van der Waals surface area contributed by atoms with Crippen molar-refractivity contribution in [2.75, 3.05) is 18.5 Å². The lowest BCUT2D eigenvalue weighted by Crippen LogP contribution is -2.33. The molecule has 1 atom stereocenters. The molecule has 0 N–H and O–H groups in total. The Morgan fingerprint density at radius 1 is 0.828 bits per heavy atom. The fraction of sp³-hybridized carbons (Fsp3) is 0.217. The highest BCUT2D eigenvalue weighted by Crippen LogP contribution is 2.38. The molecule has 0 fully saturated rings. The maximum atomic E-state index is 13.6. The van der Waals surface area contributed by atoms with Crippen LogP contribution in [0.4, 0.5) is 5.69 Å². The Balaban J connectivity index is 2.19. The van der Waals surface area contributed by atoms with Crippen LogP contribution in [0, 0.1) is 6.92 Å². The molecule has 29 heavy (non-hydrogen) atoms. The minimum Gasteiger partial charge on any atom is -0.493 e. The highest BCUT2D eigenvalue weighted by Gasteiger charge is 2.31. The summed E-state index contributed by atoms with van der Waals surface area (Å²) in [4.78, 5) is 0.231. The quantitative estimate of drug-likeness (QED) is 0.551. The number of nitrogens with zero attached hydrogens (tertiary/aromatic N) is 1. The van der Waals surface area contributed by atoms with E-state index in [1.807, 2.05) is 38.1 Å². The molecule has 0 aliphatic carbocycles. The molecule has 0 radical (unpaired) electrons. The standard InChI is InChI=1S/C23H25NO4S/c1-17-9-8-10-19(15-17)18(2)24(29(25,26)21-11-6-5-7-12-21)20-13-14-22(27-3)23(16-20)28-4/h5-16,18H,1-4H3. The second kappa shape index (κ2) is 8.57. The van der Waals surface area contributed by atoms with Gasteiger partial charge >= 0.3 is 0 Å². The Hall–Kier alpha value is -2.99. The van der Waals surface area contributed by atoms with E-state index in [0.29, 0.717) is 17.2 Å². The predicted octanol–water partition coefficient (Wildman–Crippen LogP) is 4.97. The Labute approximate surface area is 172 Å². The Morgan fingerprint density at radius 3 is 2.14 bits per heavy atom. The van der Waals surface area contributed by atoms with E-state index in [9.17, 15) is 8.42 Å². The van der Waals surface area contributed by atoms with Gasteiger partial charge in [0.1, 0.15) is 0 Å². The molecular weight excluding hydrogens is 386 g/mol. The van der Waals surface area contributed by atoms with Gasteiger partial charge in [-0.15, -0.1) is 0 Å². The van der Waals surface area contributed by atoms with E-state index in [1.165, 1.54) is 11.4 Å². The Morgan fingerprint density at radius 2 is 1.52 bits per heavy atom. The molecule has 0 spiro atoms. The zero-order valence-corrected chi connectivity index (χ0v) is 17.8. The molecule has 0 saturated carbocycles. The van der Waals surface area contributed by atoms with E-state index in [1.54, 1.807) is 55.6 Å². The number of sulfonamides is 1. The molecule has 152 valence electrons. The van der Waals surface area contributed by atoms with Crippen molar-refractivity contribution in [1.29, 1.82) is 0 Å². The molecule has 5 nitrogen and oxygen atoms in total. The van der Waals surface area contributed by atoms with Crippen molar-refractivity contribution in [3.63, 3.8) is 0 Å². The van der Waals surface area contributed by atoms with E-state index in [2.05, 4.69) is 0 Å². The summed E-state index contributed by atoms with van der Waals surface area (Å²) >= 11 is 0. The number of anilines is 1. The van der Waals surface area contributed by atoms with Gasteiger partial charge in [0.05, 0.1) is 30.8 Å². The zero-order chi connectivity index (χ0) is 21.0. The van der Waals surface area contributed by atoms with Gasteiger partial charge in [0.25, 0.3) is 10.0 Å². The molecule has 1 unspecified atom stereocenters. The van der Waals surface area contributed by atoms with Crippen LogP contribution in [0.2, 0.25) is 0 Å². The van der Waals surface area contributed by atoms with Crippen molar-refractivity contribution in [3.05, 3.63) is 83.9 Å². The van der Waals surface area contributed by atoms with Crippen molar-refractivity contribution in [2.45, 2.75) is 24.8 Å². The summed E-state index contributed by atoms with van der Waals surface area (Å²) in [6.07, 6.45) is 0. The normalized spacial score (nSPS) is 12.3. The lowest BCUT2D eigenvalue weighted by Gasteiger charge is -2.31. The molecule has 3 aromatic rings. The minimum absolute atomic E-state index is 0.231. The number of hydrogen-bond donors (Lipinski definition) is 0. The van der Waals surface area contributed by atoms with Crippen LogP contribution in [0.3, 0.4) is 0 Å². The highest BCUT2D eigenvalue weighted by molar-refractivity contribution is 7.92. The van der Waals surface area contributed by atoms with Crippen LogP contribution in [0.25, 0.3) is 0 Å². The van der Waals surface area contributed by atoms with Crippen LogP contribution in [0.1, 0.15) is 24.1 Å². The zero-order valence-electron chi connectivity index (χ0n) is 17.0. The number of ether oxygens (including phenoxy) is 2.